The Balaban J connectivity index is 1.62. The molecular formula is C22H18O3. The smallest absolute Gasteiger partial charge is 0.315 e. The van der Waals surface area contributed by atoms with E-state index in [4.69, 9.17) is 4.74 Å². The first-order valence-corrected chi connectivity index (χ1v) is 8.08. The van der Waals surface area contributed by atoms with Gasteiger partial charge < -0.3 is 4.74 Å². The van der Waals surface area contributed by atoms with Crippen LogP contribution in [-0.2, 0) is 11.2 Å². The number of rotatable bonds is 5. The summed E-state index contributed by atoms with van der Waals surface area (Å²) in [5.41, 5.74) is 3.74. The standard InChI is InChI=1S/C22H18O3/c1-16(23)18-11-13-21(14-12-18)25-22(24)15-17-7-9-20(10-8-17)19-5-3-2-4-6-19/h2-14H,15H2,1H3. The minimum atomic E-state index is -0.331. The highest BCUT2D eigenvalue weighted by Gasteiger charge is 2.08. The van der Waals surface area contributed by atoms with Crippen LogP contribution in [0.2, 0.25) is 0 Å². The van der Waals surface area contributed by atoms with Crippen LogP contribution in [0.1, 0.15) is 22.8 Å². The van der Waals surface area contributed by atoms with Crippen LogP contribution in [0.15, 0.2) is 78.9 Å². The van der Waals surface area contributed by atoms with Crippen molar-refractivity contribution in [1.29, 1.82) is 0 Å². The first-order chi connectivity index (χ1) is 12.1. The molecule has 0 bridgehead atoms. The largest absolute Gasteiger partial charge is 0.426 e. The molecule has 0 heterocycles. The number of esters is 1. The lowest BCUT2D eigenvalue weighted by atomic mass is 10.0. The van der Waals surface area contributed by atoms with E-state index in [9.17, 15) is 9.59 Å². The van der Waals surface area contributed by atoms with E-state index in [1.54, 1.807) is 24.3 Å². The first-order valence-electron chi connectivity index (χ1n) is 8.08. The molecule has 0 aliphatic heterocycles. The number of ketones is 1. The zero-order valence-electron chi connectivity index (χ0n) is 13.9. The normalized spacial score (nSPS) is 10.3. The lowest BCUT2D eigenvalue weighted by molar-refractivity contribution is -0.133. The molecule has 0 aromatic heterocycles. The Morgan fingerprint density at radius 2 is 1.36 bits per heavy atom. The van der Waals surface area contributed by atoms with Crippen LogP contribution in [0.3, 0.4) is 0 Å². The monoisotopic (exact) mass is 330 g/mol. The van der Waals surface area contributed by atoms with E-state index in [0.717, 1.165) is 16.7 Å². The number of hydrogen-bond acceptors (Lipinski definition) is 3. The summed E-state index contributed by atoms with van der Waals surface area (Å²) in [4.78, 5) is 23.3. The van der Waals surface area contributed by atoms with Crippen LogP contribution < -0.4 is 4.74 Å². The molecule has 3 rings (SSSR count). The fraction of sp³-hybridized carbons (Fsp3) is 0.0909. The summed E-state index contributed by atoms with van der Waals surface area (Å²) in [7, 11) is 0. The lowest BCUT2D eigenvalue weighted by Gasteiger charge is -2.06. The fourth-order valence-corrected chi connectivity index (χ4v) is 2.54. The van der Waals surface area contributed by atoms with Gasteiger partial charge in [0.2, 0.25) is 0 Å². The number of carbonyl (C=O) groups excluding carboxylic acids is 2. The third-order valence-corrected chi connectivity index (χ3v) is 3.90. The minimum absolute atomic E-state index is 0.0172. The lowest BCUT2D eigenvalue weighted by Crippen LogP contribution is -2.11. The predicted octanol–water partition coefficient (Wildman–Crippen LogP) is 4.70. The van der Waals surface area contributed by atoms with Gasteiger partial charge in [0.05, 0.1) is 6.42 Å². The van der Waals surface area contributed by atoms with Crippen LogP contribution in [-0.4, -0.2) is 11.8 Å². The highest BCUT2D eigenvalue weighted by Crippen LogP contribution is 2.20. The van der Waals surface area contributed by atoms with Gasteiger partial charge in [-0.3, -0.25) is 9.59 Å². The second-order valence-corrected chi connectivity index (χ2v) is 5.79. The van der Waals surface area contributed by atoms with Gasteiger partial charge in [0, 0.05) is 5.56 Å². The van der Waals surface area contributed by atoms with Crippen LogP contribution in [0.4, 0.5) is 0 Å². The zero-order chi connectivity index (χ0) is 17.6. The Bertz CT molecular complexity index is 863. The van der Waals surface area contributed by atoms with Crippen molar-refractivity contribution >= 4 is 11.8 Å². The molecule has 0 radical (unpaired) electrons. The average molecular weight is 330 g/mol. The van der Waals surface area contributed by atoms with E-state index in [2.05, 4.69) is 0 Å². The molecule has 3 nitrogen and oxygen atoms in total. The van der Waals surface area contributed by atoms with Gasteiger partial charge in [-0.1, -0.05) is 54.6 Å². The van der Waals surface area contributed by atoms with Gasteiger partial charge in [0.25, 0.3) is 0 Å². The van der Waals surface area contributed by atoms with Gasteiger partial charge in [0.1, 0.15) is 5.75 Å². The van der Waals surface area contributed by atoms with Crippen molar-refractivity contribution in [2.75, 3.05) is 0 Å². The van der Waals surface area contributed by atoms with Crippen LogP contribution in [0.25, 0.3) is 11.1 Å². The second kappa shape index (κ2) is 7.58. The SMILES string of the molecule is CC(=O)c1ccc(OC(=O)Cc2ccc(-c3ccccc3)cc2)cc1. The third-order valence-electron chi connectivity index (χ3n) is 3.90. The van der Waals surface area contributed by atoms with Gasteiger partial charge in [-0.05, 0) is 47.9 Å². The Hall–Kier alpha value is -3.20. The molecule has 0 unspecified atom stereocenters. The zero-order valence-corrected chi connectivity index (χ0v) is 13.9. The number of benzene rings is 3. The van der Waals surface area contributed by atoms with E-state index in [-0.39, 0.29) is 18.2 Å². The molecule has 3 heteroatoms. The molecule has 0 saturated carbocycles. The molecule has 0 saturated heterocycles. The van der Waals surface area contributed by atoms with Crippen LogP contribution >= 0.6 is 0 Å². The Kier molecular flexibility index (Phi) is 5.05. The molecule has 0 atom stereocenters. The number of hydrogen-bond donors (Lipinski definition) is 0. The fourth-order valence-electron chi connectivity index (χ4n) is 2.54. The van der Waals surface area contributed by atoms with Crippen molar-refractivity contribution in [3.8, 4) is 16.9 Å². The van der Waals surface area contributed by atoms with Gasteiger partial charge in [0.15, 0.2) is 5.78 Å². The maximum Gasteiger partial charge on any atom is 0.315 e. The molecule has 0 amide bonds. The Labute approximate surface area is 146 Å². The molecule has 3 aromatic carbocycles. The highest BCUT2D eigenvalue weighted by atomic mass is 16.5. The summed E-state index contributed by atoms with van der Waals surface area (Å²) in [6.07, 6.45) is 0.198. The highest BCUT2D eigenvalue weighted by molar-refractivity contribution is 5.94. The number of ether oxygens (including phenoxy) is 1. The van der Waals surface area contributed by atoms with Crippen molar-refractivity contribution in [2.24, 2.45) is 0 Å². The molecule has 124 valence electrons. The van der Waals surface area contributed by atoms with Crippen molar-refractivity contribution in [3.05, 3.63) is 90.0 Å². The quantitative estimate of drug-likeness (QED) is 0.387. The molecule has 0 spiro atoms. The van der Waals surface area contributed by atoms with E-state index in [1.807, 2.05) is 54.6 Å². The molecule has 0 aliphatic carbocycles. The van der Waals surface area contributed by atoms with Gasteiger partial charge in [-0.15, -0.1) is 0 Å². The third kappa shape index (κ3) is 4.42. The van der Waals surface area contributed by atoms with Gasteiger partial charge in [-0.2, -0.15) is 0 Å². The molecular weight excluding hydrogens is 312 g/mol. The van der Waals surface area contributed by atoms with Gasteiger partial charge in [-0.25, -0.2) is 0 Å². The van der Waals surface area contributed by atoms with Crippen molar-refractivity contribution in [2.45, 2.75) is 13.3 Å². The molecule has 0 N–H and O–H groups in total. The van der Waals surface area contributed by atoms with Crippen LogP contribution in [0, 0.1) is 0 Å². The number of carbonyl (C=O) groups is 2. The average Bonchev–Trinajstić information content (AvgIpc) is 2.63. The van der Waals surface area contributed by atoms with E-state index in [0.29, 0.717) is 11.3 Å². The van der Waals surface area contributed by atoms with E-state index >= 15 is 0 Å². The maximum absolute atomic E-state index is 12.1. The van der Waals surface area contributed by atoms with E-state index < -0.39 is 0 Å². The summed E-state index contributed by atoms with van der Waals surface area (Å²) >= 11 is 0. The summed E-state index contributed by atoms with van der Waals surface area (Å²) in [5, 5.41) is 0. The summed E-state index contributed by atoms with van der Waals surface area (Å²) in [5.74, 6) is 0.0929. The van der Waals surface area contributed by atoms with Crippen molar-refractivity contribution in [1.82, 2.24) is 0 Å². The molecule has 25 heavy (non-hydrogen) atoms. The topological polar surface area (TPSA) is 43.4 Å². The summed E-state index contributed by atoms with van der Waals surface area (Å²) in [6, 6.07) is 24.5. The summed E-state index contributed by atoms with van der Waals surface area (Å²) in [6.45, 7) is 1.50. The maximum atomic E-state index is 12.1. The molecule has 0 fully saturated rings. The number of Topliss-reactive ketones (excluding diaryl/α,β-unsaturated/α-hetero) is 1. The van der Waals surface area contributed by atoms with Crippen LogP contribution in [0.5, 0.6) is 5.75 Å². The Morgan fingerprint density at radius 1 is 0.760 bits per heavy atom. The Morgan fingerprint density at radius 3 is 1.96 bits per heavy atom. The van der Waals surface area contributed by atoms with Crippen molar-refractivity contribution < 1.29 is 14.3 Å². The minimum Gasteiger partial charge on any atom is -0.426 e. The molecule has 0 aliphatic rings. The van der Waals surface area contributed by atoms with Gasteiger partial charge >= 0.3 is 5.97 Å². The predicted molar refractivity (Wildman–Crippen MR) is 97.7 cm³/mol. The second-order valence-electron chi connectivity index (χ2n) is 5.79. The molecule has 3 aromatic rings. The summed E-state index contributed by atoms with van der Waals surface area (Å²) < 4.78 is 5.32. The van der Waals surface area contributed by atoms with E-state index in [1.165, 1.54) is 6.92 Å². The first kappa shape index (κ1) is 16.7. The van der Waals surface area contributed by atoms with Crippen molar-refractivity contribution in [3.63, 3.8) is 0 Å².